The van der Waals surface area contributed by atoms with E-state index < -0.39 is 52.3 Å². The van der Waals surface area contributed by atoms with E-state index in [4.69, 9.17) is 25.4 Å². The van der Waals surface area contributed by atoms with E-state index >= 15 is 0 Å². The van der Waals surface area contributed by atoms with Crippen molar-refractivity contribution in [1.82, 2.24) is 15.2 Å². The Kier molecular flexibility index (Phi) is 12.9. The summed E-state index contributed by atoms with van der Waals surface area (Å²) < 4.78 is 21.8. The van der Waals surface area contributed by atoms with Crippen LogP contribution >= 0.6 is 0 Å². The Hall–Kier alpha value is -3.49. The molecule has 43 heavy (non-hydrogen) atoms. The zero-order valence-electron chi connectivity index (χ0n) is 27.8. The van der Waals surface area contributed by atoms with Crippen LogP contribution in [-0.2, 0) is 51.2 Å². The maximum absolute atomic E-state index is 12.9. The van der Waals surface area contributed by atoms with Crippen molar-refractivity contribution in [2.75, 3.05) is 13.1 Å². The van der Waals surface area contributed by atoms with E-state index in [9.17, 15) is 19.2 Å². The highest BCUT2D eigenvalue weighted by molar-refractivity contribution is 5.99. The van der Waals surface area contributed by atoms with Gasteiger partial charge < -0.3 is 18.9 Å². The molecule has 0 saturated carbocycles. The molecule has 0 saturated heterocycles. The third-order valence-electron chi connectivity index (χ3n) is 4.80. The van der Waals surface area contributed by atoms with Gasteiger partial charge in [0.05, 0.1) is 24.5 Å². The van der Waals surface area contributed by atoms with E-state index in [1.807, 2.05) is 0 Å². The van der Waals surface area contributed by atoms with Gasteiger partial charge in [-0.1, -0.05) is 5.92 Å². The van der Waals surface area contributed by atoms with Gasteiger partial charge in [-0.25, -0.2) is 9.59 Å². The summed E-state index contributed by atoms with van der Waals surface area (Å²) in [5, 5.41) is 2.89. The predicted molar refractivity (Wildman–Crippen MR) is 161 cm³/mol. The smallest absolute Gasteiger partial charge is 0.335 e. The third-order valence-corrected chi connectivity index (χ3v) is 4.80. The monoisotopic (exact) mass is 603 g/mol. The lowest BCUT2D eigenvalue weighted by molar-refractivity contribution is -0.171. The Balaban J connectivity index is 3.29. The van der Waals surface area contributed by atoms with Crippen molar-refractivity contribution in [2.45, 2.75) is 125 Å². The van der Waals surface area contributed by atoms with E-state index in [1.165, 1.54) is 0 Å². The minimum absolute atomic E-state index is 0.0379. The number of ether oxygens (including phenoxy) is 4. The van der Waals surface area contributed by atoms with Crippen molar-refractivity contribution in [3.63, 3.8) is 0 Å². The fourth-order valence-electron chi connectivity index (χ4n) is 3.61. The van der Waals surface area contributed by atoms with E-state index in [-0.39, 0.29) is 26.2 Å². The minimum Gasteiger partial charge on any atom is -0.459 e. The molecule has 1 rings (SSSR count). The molecule has 0 bridgehead atoms. The standard InChI is InChI=1S/C32H49N3O8/c1-14-21-15-22(17-33-26(27(38)42-31(8,9)10)28(39)43-32(11,12)13)34-23(16-21)18-35(19-24(36)40-29(2,3)4)20-25(37)41-30(5,6)7/h1,15-16,26,33H,17-20H2,2-13H3. The third kappa shape index (κ3) is 16.7. The van der Waals surface area contributed by atoms with Crippen LogP contribution in [0.1, 0.15) is 100 Å². The number of carbonyl (C=O) groups excluding carboxylic acids is 4. The Morgan fingerprint density at radius 2 is 1.14 bits per heavy atom. The van der Waals surface area contributed by atoms with Crippen LogP contribution < -0.4 is 5.32 Å². The first-order valence-corrected chi connectivity index (χ1v) is 14.2. The predicted octanol–water partition coefficient (Wildman–Crippen LogP) is 3.69. The van der Waals surface area contributed by atoms with Crippen LogP contribution in [0, 0.1) is 12.3 Å². The lowest BCUT2D eigenvalue weighted by atomic mass is 10.1. The molecule has 0 aliphatic carbocycles. The van der Waals surface area contributed by atoms with E-state index in [1.54, 1.807) is 100 Å². The molecule has 0 amide bonds. The Labute approximate surface area is 256 Å². The highest BCUT2D eigenvalue weighted by Gasteiger charge is 2.35. The molecule has 1 heterocycles. The average molecular weight is 604 g/mol. The second-order valence-electron chi connectivity index (χ2n) is 14.2. The molecular formula is C32H49N3O8. The summed E-state index contributed by atoms with van der Waals surface area (Å²) in [5.74, 6) is -0.0725. The number of rotatable bonds is 11. The van der Waals surface area contributed by atoms with Crippen LogP contribution in [0.4, 0.5) is 0 Å². The molecule has 0 aliphatic heterocycles. The lowest BCUT2D eigenvalue weighted by Crippen LogP contribution is -2.49. The van der Waals surface area contributed by atoms with Crippen LogP contribution in [-0.4, -0.2) is 75.3 Å². The number of hydrogen-bond donors (Lipinski definition) is 1. The maximum Gasteiger partial charge on any atom is 0.335 e. The highest BCUT2D eigenvalue weighted by atomic mass is 16.6. The summed E-state index contributed by atoms with van der Waals surface area (Å²) in [4.78, 5) is 57.3. The molecule has 1 N–H and O–H groups in total. The van der Waals surface area contributed by atoms with E-state index in [0.717, 1.165) is 0 Å². The van der Waals surface area contributed by atoms with Crippen molar-refractivity contribution in [2.24, 2.45) is 0 Å². The Bertz CT molecular complexity index is 1130. The van der Waals surface area contributed by atoms with Gasteiger partial charge in [-0.2, -0.15) is 0 Å². The zero-order chi connectivity index (χ0) is 33.4. The molecule has 11 nitrogen and oxygen atoms in total. The van der Waals surface area contributed by atoms with Crippen molar-refractivity contribution in [1.29, 1.82) is 0 Å². The molecule has 0 fully saturated rings. The van der Waals surface area contributed by atoms with Gasteiger partial charge in [-0.15, -0.1) is 6.42 Å². The molecule has 1 aromatic heterocycles. The second kappa shape index (κ2) is 14.8. The van der Waals surface area contributed by atoms with Gasteiger partial charge in [-0.3, -0.25) is 24.8 Å². The summed E-state index contributed by atoms with van der Waals surface area (Å²) in [7, 11) is 0. The number of pyridine rings is 1. The first-order valence-electron chi connectivity index (χ1n) is 14.2. The molecule has 0 radical (unpaired) electrons. The molecule has 0 unspecified atom stereocenters. The van der Waals surface area contributed by atoms with Gasteiger partial charge in [0.2, 0.25) is 6.04 Å². The van der Waals surface area contributed by atoms with Gasteiger partial charge in [-0.05, 0) is 95.2 Å². The van der Waals surface area contributed by atoms with Gasteiger partial charge in [0.1, 0.15) is 22.4 Å². The minimum atomic E-state index is -1.42. The quantitative estimate of drug-likeness (QED) is 0.172. The van der Waals surface area contributed by atoms with Crippen molar-refractivity contribution >= 4 is 23.9 Å². The summed E-state index contributed by atoms with van der Waals surface area (Å²) in [5.41, 5.74) is -1.76. The Morgan fingerprint density at radius 1 is 0.744 bits per heavy atom. The number of aromatic nitrogens is 1. The number of hydrogen-bond acceptors (Lipinski definition) is 11. The van der Waals surface area contributed by atoms with Crippen molar-refractivity contribution in [3.05, 3.63) is 29.1 Å². The topological polar surface area (TPSA) is 133 Å². The van der Waals surface area contributed by atoms with Gasteiger partial charge in [0.15, 0.2) is 0 Å². The van der Waals surface area contributed by atoms with Crippen LogP contribution in [0.3, 0.4) is 0 Å². The zero-order valence-corrected chi connectivity index (χ0v) is 27.8. The summed E-state index contributed by atoms with van der Waals surface area (Å²) >= 11 is 0. The SMILES string of the molecule is C#Cc1cc(CNC(C(=O)OC(C)(C)C)C(=O)OC(C)(C)C)nc(CN(CC(=O)OC(C)(C)C)CC(=O)OC(C)(C)C)c1. The van der Waals surface area contributed by atoms with Crippen LogP contribution in [0.2, 0.25) is 0 Å². The van der Waals surface area contributed by atoms with Crippen LogP contribution in [0.15, 0.2) is 12.1 Å². The Morgan fingerprint density at radius 3 is 1.51 bits per heavy atom. The summed E-state index contributed by atoms with van der Waals surface area (Å²) in [6.45, 7) is 20.3. The van der Waals surface area contributed by atoms with Crippen LogP contribution in [0.5, 0.6) is 0 Å². The molecule has 0 atom stereocenters. The van der Waals surface area contributed by atoms with Gasteiger partial charge >= 0.3 is 23.9 Å². The molecule has 11 heteroatoms. The number of carbonyl (C=O) groups is 4. The maximum atomic E-state index is 12.9. The number of esters is 4. The molecule has 0 aliphatic rings. The van der Waals surface area contributed by atoms with Crippen LogP contribution in [0.25, 0.3) is 0 Å². The molecule has 0 spiro atoms. The number of nitrogens with zero attached hydrogens (tertiary/aromatic N) is 2. The lowest BCUT2D eigenvalue weighted by Gasteiger charge is -2.27. The fraction of sp³-hybridized carbons (Fsp3) is 0.656. The largest absolute Gasteiger partial charge is 0.459 e. The molecular weight excluding hydrogens is 554 g/mol. The van der Waals surface area contributed by atoms with Crippen molar-refractivity contribution < 1.29 is 38.1 Å². The first kappa shape index (κ1) is 37.5. The molecule has 0 aromatic carbocycles. The second-order valence-corrected chi connectivity index (χ2v) is 14.2. The van der Waals surface area contributed by atoms with Crippen molar-refractivity contribution in [3.8, 4) is 12.3 Å². The first-order chi connectivity index (χ1) is 19.4. The summed E-state index contributed by atoms with van der Waals surface area (Å²) in [6.07, 6.45) is 5.70. The normalized spacial score (nSPS) is 12.5. The summed E-state index contributed by atoms with van der Waals surface area (Å²) in [6, 6.07) is 1.86. The molecule has 1 aromatic rings. The van der Waals surface area contributed by atoms with Gasteiger partial charge in [0.25, 0.3) is 0 Å². The number of terminal acetylenes is 1. The van der Waals surface area contributed by atoms with E-state index in [2.05, 4.69) is 16.2 Å². The number of nitrogens with one attached hydrogen (secondary N) is 1. The fourth-order valence-corrected chi connectivity index (χ4v) is 3.61. The van der Waals surface area contributed by atoms with Gasteiger partial charge in [0, 0.05) is 18.7 Å². The average Bonchev–Trinajstić information content (AvgIpc) is 2.73. The molecule has 240 valence electrons. The highest BCUT2D eigenvalue weighted by Crippen LogP contribution is 2.16. The van der Waals surface area contributed by atoms with E-state index in [0.29, 0.717) is 17.0 Å².